The smallest absolute Gasteiger partial charge is 0.308 e. The highest BCUT2D eigenvalue weighted by molar-refractivity contribution is 8.14. The quantitative estimate of drug-likeness (QED) is 0.165. The normalized spacial score (nSPS) is 43.0. The molecule has 3 N–H and O–H groups in total. The van der Waals surface area contributed by atoms with Crippen LogP contribution in [0.25, 0.3) is 0 Å². The summed E-state index contributed by atoms with van der Waals surface area (Å²) in [6.07, 6.45) is 21.2. The zero-order valence-corrected chi connectivity index (χ0v) is 30.9. The maximum Gasteiger partial charge on any atom is 0.308 e. The summed E-state index contributed by atoms with van der Waals surface area (Å²) in [6.45, 7) is 16.3. The number of thioether (sulfide) groups is 1. The molecule has 8 atom stereocenters. The van der Waals surface area contributed by atoms with Gasteiger partial charge in [0.1, 0.15) is 0 Å². The first-order valence-corrected chi connectivity index (χ1v) is 18.5. The number of nitrogens with two attached hydrogens (primary N) is 1. The minimum absolute atomic E-state index is 0.00205. The van der Waals surface area contributed by atoms with Crippen LogP contribution in [0.3, 0.4) is 0 Å². The Hall–Kier alpha value is -2.84. The third-order valence-electron chi connectivity index (χ3n) is 12.9. The second-order valence-corrected chi connectivity index (χ2v) is 17.4. The summed E-state index contributed by atoms with van der Waals surface area (Å²) in [7, 11) is 0. The Kier molecular flexibility index (Phi) is 9.97. The number of hydrogen-bond acceptors (Lipinski definition) is 7. The van der Waals surface area contributed by atoms with Crippen molar-refractivity contribution in [1.29, 1.82) is 0 Å². The number of primary amides is 1. The van der Waals surface area contributed by atoms with Gasteiger partial charge in [0.25, 0.3) is 0 Å². The van der Waals surface area contributed by atoms with Crippen LogP contribution in [0.5, 0.6) is 0 Å². The second-order valence-electron chi connectivity index (χ2n) is 16.3. The monoisotopic (exact) mass is 677 g/mol. The number of rotatable bonds is 6. The van der Waals surface area contributed by atoms with Crippen molar-refractivity contribution < 1.29 is 29.0 Å². The molecular formula is C40H55NO6S. The number of esters is 1. The molecule has 2 unspecified atom stereocenters. The molecule has 0 saturated heterocycles. The van der Waals surface area contributed by atoms with Crippen molar-refractivity contribution in [3.8, 4) is 0 Å². The fraction of sp³-hybridized carbons (Fsp3) is 0.625. The minimum atomic E-state index is -1.15. The molecule has 5 aliphatic carbocycles. The molecule has 0 radical (unpaired) electrons. The van der Waals surface area contributed by atoms with Gasteiger partial charge in [-0.25, -0.2) is 0 Å². The van der Waals surface area contributed by atoms with Gasteiger partial charge in [-0.15, -0.1) is 0 Å². The summed E-state index contributed by atoms with van der Waals surface area (Å²) >= 11 is 1.28. The van der Waals surface area contributed by atoms with Gasteiger partial charge in [-0.05, 0) is 105 Å². The van der Waals surface area contributed by atoms with E-state index in [1.165, 1.54) is 31.2 Å². The van der Waals surface area contributed by atoms with E-state index in [-0.39, 0.29) is 44.0 Å². The Balaban J connectivity index is 1.70. The molecule has 5 aliphatic rings. The molecule has 0 aliphatic heterocycles. The number of fused-ring (bicyclic) bond motifs is 5. The van der Waals surface area contributed by atoms with E-state index < -0.39 is 23.1 Å². The van der Waals surface area contributed by atoms with Crippen molar-refractivity contribution in [2.75, 3.05) is 0 Å². The van der Waals surface area contributed by atoms with Crippen LogP contribution >= 0.6 is 11.8 Å². The van der Waals surface area contributed by atoms with Crippen molar-refractivity contribution in [3.05, 3.63) is 70.8 Å². The van der Waals surface area contributed by atoms with Gasteiger partial charge in [0.2, 0.25) is 11.0 Å². The predicted octanol–water partition coefficient (Wildman–Crippen LogP) is 8.37. The first kappa shape index (κ1) is 36.4. The van der Waals surface area contributed by atoms with Crippen LogP contribution in [0.15, 0.2) is 70.8 Å². The lowest BCUT2D eigenvalue weighted by Gasteiger charge is -2.69. The van der Waals surface area contributed by atoms with Gasteiger partial charge in [-0.3, -0.25) is 14.4 Å². The zero-order valence-electron chi connectivity index (χ0n) is 30.1. The summed E-state index contributed by atoms with van der Waals surface area (Å²) in [5.74, 6) is 0.0918. The third-order valence-corrected chi connectivity index (χ3v) is 13.9. The third kappa shape index (κ3) is 6.56. The number of hydrogen-bond donors (Lipinski definition) is 2. The average molecular weight is 678 g/mol. The van der Waals surface area contributed by atoms with Crippen LogP contribution in [0, 0.1) is 33.0 Å². The molecule has 3 fully saturated rings. The van der Waals surface area contributed by atoms with E-state index in [2.05, 4.69) is 46.8 Å². The van der Waals surface area contributed by atoms with E-state index in [0.717, 1.165) is 57.8 Å². The van der Waals surface area contributed by atoms with Crippen molar-refractivity contribution in [1.82, 2.24) is 0 Å². The molecule has 1 amide bonds. The molecule has 0 aromatic carbocycles. The van der Waals surface area contributed by atoms with Gasteiger partial charge in [-0.2, -0.15) is 0 Å². The van der Waals surface area contributed by atoms with Gasteiger partial charge >= 0.3 is 5.97 Å². The van der Waals surface area contributed by atoms with Crippen LogP contribution in [-0.2, 0) is 23.9 Å². The molecule has 0 aromatic heterocycles. The van der Waals surface area contributed by atoms with Crippen molar-refractivity contribution in [2.45, 2.75) is 125 Å². The summed E-state index contributed by atoms with van der Waals surface area (Å²) < 4.78 is 11.6. The number of carbonyl (C=O) groups excluding carboxylic acids is 3. The molecule has 48 heavy (non-hydrogen) atoms. The van der Waals surface area contributed by atoms with Gasteiger partial charge < -0.3 is 20.3 Å². The number of allylic oxidation sites excluding steroid dienone is 7. The first-order chi connectivity index (χ1) is 22.4. The van der Waals surface area contributed by atoms with Gasteiger partial charge in [0.05, 0.1) is 0 Å². The van der Waals surface area contributed by atoms with E-state index in [4.69, 9.17) is 15.2 Å². The lowest BCUT2D eigenvalue weighted by atomic mass is 9.35. The van der Waals surface area contributed by atoms with E-state index in [1.54, 1.807) is 0 Å². The average Bonchev–Trinajstić information content (AvgIpc) is 3.02. The maximum atomic E-state index is 13.8. The molecule has 262 valence electrons. The van der Waals surface area contributed by atoms with E-state index in [9.17, 15) is 19.5 Å². The maximum absolute atomic E-state index is 13.8. The van der Waals surface area contributed by atoms with Gasteiger partial charge in [0, 0.05) is 28.6 Å². The van der Waals surface area contributed by atoms with Crippen LogP contribution in [-0.4, -0.2) is 33.6 Å². The highest BCUT2D eigenvalue weighted by Gasteiger charge is 2.66. The largest absolute Gasteiger partial charge is 0.461 e. The minimum Gasteiger partial charge on any atom is -0.461 e. The van der Waals surface area contributed by atoms with Gasteiger partial charge in [0.15, 0.2) is 17.8 Å². The second kappa shape index (κ2) is 13.1. The summed E-state index contributed by atoms with van der Waals surface area (Å²) in [5.41, 5.74) is 7.46. The van der Waals surface area contributed by atoms with E-state index >= 15 is 0 Å². The molecule has 0 spiro atoms. The number of ether oxygens (including phenoxy) is 2. The van der Waals surface area contributed by atoms with Crippen molar-refractivity contribution >= 4 is 28.8 Å². The zero-order chi connectivity index (χ0) is 35.3. The van der Waals surface area contributed by atoms with E-state index in [1.807, 2.05) is 37.3 Å². The fourth-order valence-electron chi connectivity index (χ4n) is 9.63. The molecular weight excluding hydrogens is 623 g/mol. The first-order valence-electron chi connectivity index (χ1n) is 17.6. The van der Waals surface area contributed by atoms with Crippen LogP contribution in [0.2, 0.25) is 0 Å². The van der Waals surface area contributed by atoms with Gasteiger partial charge in [-0.1, -0.05) is 88.4 Å². The Morgan fingerprint density at radius 2 is 1.69 bits per heavy atom. The molecule has 8 heteroatoms. The molecule has 5 rings (SSSR count). The predicted molar refractivity (Wildman–Crippen MR) is 191 cm³/mol. The fourth-order valence-corrected chi connectivity index (χ4v) is 10.6. The number of amides is 1. The Morgan fingerprint density at radius 1 is 0.979 bits per heavy atom. The van der Waals surface area contributed by atoms with Crippen LogP contribution in [0.1, 0.15) is 113 Å². The Morgan fingerprint density at radius 3 is 2.31 bits per heavy atom. The van der Waals surface area contributed by atoms with Crippen molar-refractivity contribution in [3.63, 3.8) is 0 Å². The number of carbonyl (C=O) groups is 3. The molecule has 0 bridgehead atoms. The highest BCUT2D eigenvalue weighted by atomic mass is 32.2. The summed E-state index contributed by atoms with van der Waals surface area (Å²) in [5, 5.41) is 9.93. The summed E-state index contributed by atoms with van der Waals surface area (Å²) in [6, 6.07) is 0. The van der Waals surface area contributed by atoms with Crippen LogP contribution < -0.4 is 5.73 Å². The molecule has 7 nitrogen and oxygen atoms in total. The SMILES string of the molecule is CC(=O)OC1=C(OC(C)O)\C(C)=C\C(SC(=O)C2=CCCC=C2)/C=C2\[C@](C)(\C=C\1)CC[C@@]1(C)[C@@H]3C[C@](C)(C(N)=O)CC[C@]3(C)CC[C@]21C. The molecule has 0 heterocycles. The van der Waals surface area contributed by atoms with Crippen LogP contribution in [0.4, 0.5) is 0 Å². The standard InChI is InChI=1S/C40H55NO6S/c1-25-22-29(48-34(44)28-12-10-9-11-13-28)23-31-36(4,15-14-30(46-26(2)42)33(25)47-27(3)43)18-21-40(8)32-24-38(6,35(41)45)17-16-37(32,5)19-20-39(31,40)7/h10,12-15,22-23,27,29,32,43H,9,11,16-21,24H2,1-8H3,(H2,41,45)/b15-14+,25-22+,31-23+,33-30+/t27?,29?,32-,36-,37-,38-,39-,40+/m1/s1. The number of aliphatic hydroxyl groups excluding tert-OH is 1. The lowest BCUT2D eigenvalue weighted by Crippen LogP contribution is -2.62. The Labute approximate surface area is 291 Å². The van der Waals surface area contributed by atoms with Crippen molar-refractivity contribution in [2.24, 2.45) is 38.7 Å². The lowest BCUT2D eigenvalue weighted by molar-refractivity contribution is -0.167. The van der Waals surface area contributed by atoms with E-state index in [0.29, 0.717) is 17.1 Å². The number of aliphatic hydroxyl groups is 1. The molecule has 0 aromatic rings. The summed E-state index contributed by atoms with van der Waals surface area (Å²) in [4.78, 5) is 39.0. The highest BCUT2D eigenvalue weighted by Crippen LogP contribution is 2.74. The molecule has 3 saturated carbocycles. The Bertz CT molecular complexity index is 1550. The topological polar surface area (TPSA) is 116 Å².